The number of nitrogens with zero attached hydrogens (tertiary/aromatic N) is 1. The fourth-order valence-corrected chi connectivity index (χ4v) is 3.61. The number of aliphatic imine (C=N–C) groups is 1. The lowest BCUT2D eigenvalue weighted by Crippen LogP contribution is -2.38. The van der Waals surface area contributed by atoms with Crippen LogP contribution in [0.3, 0.4) is 0 Å². The average molecular weight is 550 g/mol. The Morgan fingerprint density at radius 1 is 1.07 bits per heavy atom. The molecule has 2 rings (SSSR count). The van der Waals surface area contributed by atoms with Gasteiger partial charge in [0, 0.05) is 33.3 Å². The van der Waals surface area contributed by atoms with E-state index in [4.69, 9.17) is 4.74 Å². The summed E-state index contributed by atoms with van der Waals surface area (Å²) in [6.45, 7) is 4.19. The van der Waals surface area contributed by atoms with Gasteiger partial charge in [0.25, 0.3) is 0 Å². The van der Waals surface area contributed by atoms with Gasteiger partial charge in [0.1, 0.15) is 5.82 Å². The molecule has 10 heteroatoms. The molecule has 0 saturated heterocycles. The molecule has 0 aliphatic carbocycles. The SMILES string of the molecule is CCOCCNC(=NC)NCc1cccc(S(=O)(=O)NCc2cccc(F)c2)c1.I. The Balaban J connectivity index is 0.00000450. The Kier molecular flexibility index (Phi) is 11.8. The van der Waals surface area contributed by atoms with E-state index in [0.29, 0.717) is 37.8 Å². The highest BCUT2D eigenvalue weighted by Gasteiger charge is 2.14. The molecule has 3 N–H and O–H groups in total. The molecule has 0 aliphatic rings. The number of ether oxygens (including phenoxy) is 1. The van der Waals surface area contributed by atoms with Crippen molar-refractivity contribution in [1.82, 2.24) is 15.4 Å². The number of hydrogen-bond donors (Lipinski definition) is 3. The zero-order valence-electron chi connectivity index (χ0n) is 17.0. The van der Waals surface area contributed by atoms with Crippen molar-refractivity contribution in [1.29, 1.82) is 0 Å². The van der Waals surface area contributed by atoms with Crippen molar-refractivity contribution in [2.45, 2.75) is 24.9 Å². The van der Waals surface area contributed by atoms with Gasteiger partial charge in [0.15, 0.2) is 5.96 Å². The van der Waals surface area contributed by atoms with E-state index in [9.17, 15) is 12.8 Å². The first-order valence-corrected chi connectivity index (χ1v) is 10.8. The fraction of sp³-hybridized carbons (Fsp3) is 0.350. The number of halogens is 2. The van der Waals surface area contributed by atoms with E-state index in [-0.39, 0.29) is 35.4 Å². The molecule has 0 amide bonds. The largest absolute Gasteiger partial charge is 0.380 e. The van der Waals surface area contributed by atoms with Crippen LogP contribution in [-0.2, 0) is 27.8 Å². The topological polar surface area (TPSA) is 91.8 Å². The third kappa shape index (κ3) is 8.94. The van der Waals surface area contributed by atoms with Crippen molar-refractivity contribution < 1.29 is 17.5 Å². The summed E-state index contributed by atoms with van der Waals surface area (Å²) in [5.74, 6) is 0.195. The molecule has 2 aromatic carbocycles. The Morgan fingerprint density at radius 2 is 1.77 bits per heavy atom. The van der Waals surface area contributed by atoms with Gasteiger partial charge in [0.2, 0.25) is 10.0 Å². The summed E-state index contributed by atoms with van der Waals surface area (Å²) in [4.78, 5) is 4.27. The second-order valence-corrected chi connectivity index (χ2v) is 7.92. The molecule has 0 atom stereocenters. The van der Waals surface area contributed by atoms with E-state index in [1.807, 2.05) is 13.0 Å². The normalized spacial score (nSPS) is 11.6. The summed E-state index contributed by atoms with van der Waals surface area (Å²) in [5, 5.41) is 6.25. The maximum absolute atomic E-state index is 13.3. The molecular weight excluding hydrogens is 522 g/mol. The second-order valence-electron chi connectivity index (χ2n) is 6.15. The van der Waals surface area contributed by atoms with E-state index >= 15 is 0 Å². The zero-order chi connectivity index (χ0) is 21.1. The molecule has 0 spiro atoms. The van der Waals surface area contributed by atoms with E-state index < -0.39 is 15.8 Å². The van der Waals surface area contributed by atoms with Gasteiger partial charge in [0.05, 0.1) is 11.5 Å². The first-order valence-electron chi connectivity index (χ1n) is 9.30. The van der Waals surface area contributed by atoms with E-state index in [1.165, 1.54) is 18.2 Å². The van der Waals surface area contributed by atoms with Crippen LogP contribution in [-0.4, -0.2) is 41.2 Å². The number of sulfonamides is 1. The minimum atomic E-state index is -3.72. The second kappa shape index (κ2) is 13.5. The summed E-state index contributed by atoms with van der Waals surface area (Å²) in [5.41, 5.74) is 1.33. The van der Waals surface area contributed by atoms with E-state index in [2.05, 4.69) is 20.3 Å². The Labute approximate surface area is 194 Å². The summed E-state index contributed by atoms with van der Waals surface area (Å²) in [7, 11) is -2.06. The fourth-order valence-electron chi connectivity index (χ4n) is 2.52. The van der Waals surface area contributed by atoms with Gasteiger partial charge in [-0.2, -0.15) is 0 Å². The first kappa shape index (κ1) is 26.3. The van der Waals surface area contributed by atoms with Gasteiger partial charge < -0.3 is 15.4 Å². The van der Waals surface area contributed by atoms with E-state index in [0.717, 1.165) is 5.56 Å². The predicted molar refractivity (Wildman–Crippen MR) is 127 cm³/mol. The molecule has 0 heterocycles. The number of nitrogens with one attached hydrogen (secondary N) is 3. The van der Waals surface area contributed by atoms with Crippen molar-refractivity contribution in [2.24, 2.45) is 4.99 Å². The predicted octanol–water partition coefficient (Wildman–Crippen LogP) is 2.62. The summed E-state index contributed by atoms with van der Waals surface area (Å²) < 4.78 is 46.1. The Hall–Kier alpha value is -1.76. The molecule has 0 unspecified atom stereocenters. The zero-order valence-corrected chi connectivity index (χ0v) is 20.2. The summed E-state index contributed by atoms with van der Waals surface area (Å²) in [6, 6.07) is 12.4. The molecule has 30 heavy (non-hydrogen) atoms. The third-order valence-electron chi connectivity index (χ3n) is 3.99. The first-order chi connectivity index (χ1) is 13.9. The van der Waals surface area contributed by atoms with Crippen LogP contribution in [0, 0.1) is 5.82 Å². The standard InChI is InChI=1S/C20H27FN4O3S.HI/c1-3-28-11-10-23-20(22-2)24-14-17-7-5-9-19(13-17)29(26,27)25-15-16-6-4-8-18(21)12-16;/h4-9,12-13,25H,3,10-11,14-15H2,1-2H3,(H2,22,23,24);1H. The van der Waals surface area contributed by atoms with Crippen molar-refractivity contribution in [3.63, 3.8) is 0 Å². The van der Waals surface area contributed by atoms with E-state index in [1.54, 1.807) is 31.3 Å². The maximum atomic E-state index is 13.3. The highest BCUT2D eigenvalue weighted by atomic mass is 127. The van der Waals surface area contributed by atoms with Crippen LogP contribution >= 0.6 is 24.0 Å². The monoisotopic (exact) mass is 550 g/mol. The molecule has 166 valence electrons. The van der Waals surface area contributed by atoms with Crippen molar-refractivity contribution in [3.05, 3.63) is 65.5 Å². The van der Waals surface area contributed by atoms with Crippen molar-refractivity contribution >= 4 is 40.0 Å². The van der Waals surface area contributed by atoms with Crippen LogP contribution in [0.5, 0.6) is 0 Å². The molecule has 7 nitrogen and oxygen atoms in total. The lowest BCUT2D eigenvalue weighted by Gasteiger charge is -2.13. The molecule has 0 saturated carbocycles. The van der Waals surface area contributed by atoms with Gasteiger partial charge >= 0.3 is 0 Å². The molecule has 0 aliphatic heterocycles. The van der Waals surface area contributed by atoms with Crippen LogP contribution < -0.4 is 15.4 Å². The lowest BCUT2D eigenvalue weighted by molar-refractivity contribution is 0.152. The van der Waals surface area contributed by atoms with Crippen LogP contribution in [0.4, 0.5) is 4.39 Å². The third-order valence-corrected chi connectivity index (χ3v) is 5.39. The van der Waals surface area contributed by atoms with Gasteiger partial charge in [-0.05, 0) is 42.3 Å². The minimum absolute atomic E-state index is 0. The van der Waals surface area contributed by atoms with Gasteiger partial charge in [-0.15, -0.1) is 24.0 Å². The summed E-state index contributed by atoms with van der Waals surface area (Å²) in [6.07, 6.45) is 0. The number of rotatable bonds is 10. The smallest absolute Gasteiger partial charge is 0.240 e. The van der Waals surface area contributed by atoms with Gasteiger partial charge in [-0.3, -0.25) is 4.99 Å². The lowest BCUT2D eigenvalue weighted by atomic mass is 10.2. The number of benzene rings is 2. The Morgan fingerprint density at radius 3 is 2.43 bits per heavy atom. The summed E-state index contributed by atoms with van der Waals surface area (Å²) >= 11 is 0. The van der Waals surface area contributed by atoms with Crippen LogP contribution in [0.25, 0.3) is 0 Å². The molecular formula is C20H28FIN4O3S. The number of guanidine groups is 1. The molecule has 0 bridgehead atoms. The molecule has 0 aromatic heterocycles. The molecule has 0 radical (unpaired) electrons. The quantitative estimate of drug-likeness (QED) is 0.183. The van der Waals surface area contributed by atoms with Gasteiger partial charge in [-0.25, -0.2) is 17.5 Å². The average Bonchev–Trinajstić information content (AvgIpc) is 2.72. The maximum Gasteiger partial charge on any atom is 0.240 e. The molecule has 0 fully saturated rings. The van der Waals surface area contributed by atoms with Crippen LogP contribution in [0.1, 0.15) is 18.1 Å². The van der Waals surface area contributed by atoms with Gasteiger partial charge in [-0.1, -0.05) is 24.3 Å². The minimum Gasteiger partial charge on any atom is -0.380 e. The highest BCUT2D eigenvalue weighted by Crippen LogP contribution is 2.13. The van der Waals surface area contributed by atoms with Crippen molar-refractivity contribution in [3.8, 4) is 0 Å². The van der Waals surface area contributed by atoms with Crippen LogP contribution in [0.2, 0.25) is 0 Å². The molecule has 2 aromatic rings. The van der Waals surface area contributed by atoms with Crippen LogP contribution in [0.15, 0.2) is 58.4 Å². The van der Waals surface area contributed by atoms with Crippen molar-refractivity contribution in [2.75, 3.05) is 26.8 Å². The Bertz CT molecular complexity index is 926. The number of hydrogen-bond acceptors (Lipinski definition) is 4. The highest BCUT2D eigenvalue weighted by molar-refractivity contribution is 14.0.